The van der Waals surface area contributed by atoms with Crippen molar-refractivity contribution in [3.8, 4) is 0 Å². The lowest BCUT2D eigenvalue weighted by molar-refractivity contribution is 0.539. The third-order valence-electron chi connectivity index (χ3n) is 1.31. The largest absolute Gasteiger partial charge is 0.206 e. The molecular formula is C7H5F2N3S. The molecule has 68 valence electrons. The van der Waals surface area contributed by atoms with Gasteiger partial charge in [0.25, 0.3) is 0 Å². The van der Waals surface area contributed by atoms with Gasteiger partial charge in [-0.2, -0.15) is 0 Å². The molecule has 0 aromatic heterocycles. The summed E-state index contributed by atoms with van der Waals surface area (Å²) in [6, 6.07) is 2.36. The van der Waals surface area contributed by atoms with Crippen LogP contribution in [0.25, 0.3) is 10.4 Å². The molecule has 0 aliphatic rings. The Labute approximate surface area is 77.5 Å². The Morgan fingerprint density at radius 1 is 1.38 bits per heavy atom. The summed E-state index contributed by atoms with van der Waals surface area (Å²) in [6.45, 7) is 1.58. The van der Waals surface area contributed by atoms with E-state index in [2.05, 4.69) is 9.43 Å². The molecule has 0 N–H and O–H groups in total. The summed E-state index contributed by atoms with van der Waals surface area (Å²) in [5, 5.41) is 0. The summed E-state index contributed by atoms with van der Waals surface area (Å²) in [5.74, 6) is -1.43. The Kier molecular flexibility index (Phi) is 3.11. The maximum atomic E-state index is 13.0. The molecule has 0 aliphatic carbocycles. The average Bonchev–Trinajstić information content (AvgIpc) is 2.02. The van der Waals surface area contributed by atoms with Crippen LogP contribution >= 0.6 is 11.9 Å². The van der Waals surface area contributed by atoms with Crippen LogP contribution in [0.1, 0.15) is 5.56 Å². The summed E-state index contributed by atoms with van der Waals surface area (Å²) in [4.78, 5) is 2.12. The second-order valence-corrected chi connectivity index (χ2v) is 3.07. The van der Waals surface area contributed by atoms with E-state index in [9.17, 15) is 8.78 Å². The minimum Gasteiger partial charge on any atom is -0.206 e. The second-order valence-electron chi connectivity index (χ2n) is 2.32. The van der Waals surface area contributed by atoms with Crippen LogP contribution in [-0.4, -0.2) is 0 Å². The molecule has 1 aromatic carbocycles. The van der Waals surface area contributed by atoms with E-state index in [4.69, 9.17) is 5.53 Å². The number of nitrogens with zero attached hydrogens (tertiary/aromatic N) is 3. The Hall–Kier alpha value is -1.26. The first-order valence-electron chi connectivity index (χ1n) is 3.32. The normalized spacial score (nSPS) is 9.46. The number of rotatable bonds is 2. The van der Waals surface area contributed by atoms with Gasteiger partial charge in [-0.1, -0.05) is 0 Å². The number of azide groups is 1. The van der Waals surface area contributed by atoms with Crippen molar-refractivity contribution in [3.63, 3.8) is 0 Å². The van der Waals surface area contributed by atoms with E-state index in [0.717, 1.165) is 0 Å². The molecule has 0 radical (unpaired) electrons. The molecule has 0 bridgehead atoms. The van der Waals surface area contributed by atoms with E-state index < -0.39 is 11.6 Å². The van der Waals surface area contributed by atoms with Crippen molar-refractivity contribution in [3.05, 3.63) is 39.8 Å². The van der Waals surface area contributed by atoms with Crippen LogP contribution < -0.4 is 0 Å². The van der Waals surface area contributed by atoms with Gasteiger partial charge >= 0.3 is 0 Å². The molecule has 1 aromatic rings. The minimum absolute atomic E-state index is 0.275. The van der Waals surface area contributed by atoms with Gasteiger partial charge in [0.05, 0.1) is 4.90 Å². The number of benzene rings is 1. The molecule has 0 heterocycles. The van der Waals surface area contributed by atoms with Crippen molar-refractivity contribution < 1.29 is 8.78 Å². The SMILES string of the molecule is Cc1cc(F)c(SN=[N+]=[N-])c(F)c1. The minimum atomic E-state index is -0.713. The maximum absolute atomic E-state index is 13.0. The Bertz CT molecular complexity index is 351. The predicted octanol–water partition coefficient (Wildman–Crippen LogP) is 3.59. The summed E-state index contributed by atoms with van der Waals surface area (Å²) in [7, 11) is 0. The van der Waals surface area contributed by atoms with Crippen LogP contribution in [0.4, 0.5) is 8.78 Å². The smallest absolute Gasteiger partial charge is 0.140 e. The van der Waals surface area contributed by atoms with Crippen molar-refractivity contribution >= 4 is 11.9 Å². The molecular weight excluding hydrogens is 196 g/mol. The molecule has 0 spiro atoms. The first-order valence-corrected chi connectivity index (χ1v) is 4.09. The highest BCUT2D eigenvalue weighted by Crippen LogP contribution is 2.26. The van der Waals surface area contributed by atoms with Gasteiger partial charge in [0.1, 0.15) is 11.6 Å². The van der Waals surface area contributed by atoms with Crippen LogP contribution in [0, 0.1) is 18.6 Å². The highest BCUT2D eigenvalue weighted by Gasteiger charge is 2.09. The van der Waals surface area contributed by atoms with Gasteiger partial charge < -0.3 is 0 Å². The zero-order valence-corrected chi connectivity index (χ0v) is 7.48. The summed E-state index contributed by atoms with van der Waals surface area (Å²) in [6.07, 6.45) is 0. The van der Waals surface area contributed by atoms with Gasteiger partial charge in [0.2, 0.25) is 0 Å². The average molecular weight is 201 g/mol. The van der Waals surface area contributed by atoms with E-state index in [-0.39, 0.29) is 4.90 Å². The zero-order valence-electron chi connectivity index (χ0n) is 6.66. The molecule has 13 heavy (non-hydrogen) atoms. The van der Waals surface area contributed by atoms with Crippen molar-refractivity contribution in [1.29, 1.82) is 0 Å². The third kappa shape index (κ3) is 2.34. The van der Waals surface area contributed by atoms with E-state index in [0.29, 0.717) is 17.5 Å². The second kappa shape index (κ2) is 4.11. The van der Waals surface area contributed by atoms with E-state index in [1.54, 1.807) is 6.92 Å². The molecule has 0 aliphatic heterocycles. The quantitative estimate of drug-likeness (QED) is 0.312. The topological polar surface area (TPSA) is 48.8 Å². The molecule has 0 saturated carbocycles. The Balaban J connectivity index is 3.12. The first kappa shape index (κ1) is 9.83. The maximum Gasteiger partial charge on any atom is 0.140 e. The number of aryl methyl sites for hydroxylation is 1. The van der Waals surface area contributed by atoms with Gasteiger partial charge in [-0.05, 0) is 46.6 Å². The van der Waals surface area contributed by atoms with Gasteiger partial charge in [-0.25, -0.2) is 8.78 Å². The van der Waals surface area contributed by atoms with Gasteiger partial charge in [0.15, 0.2) is 0 Å². The molecule has 1 rings (SSSR count). The fourth-order valence-corrected chi connectivity index (χ4v) is 1.24. The van der Waals surface area contributed by atoms with Crippen LogP contribution in [0.5, 0.6) is 0 Å². The number of hydrogen-bond donors (Lipinski definition) is 0. The predicted molar refractivity (Wildman–Crippen MR) is 46.1 cm³/mol. The molecule has 0 amide bonds. The summed E-state index contributed by atoms with van der Waals surface area (Å²) >= 11 is 0.441. The summed E-state index contributed by atoms with van der Waals surface area (Å²) < 4.78 is 29.0. The number of halogens is 2. The van der Waals surface area contributed by atoms with Crippen molar-refractivity contribution in [1.82, 2.24) is 0 Å². The lowest BCUT2D eigenvalue weighted by atomic mass is 10.2. The third-order valence-corrected chi connectivity index (χ3v) is 2.04. The molecule has 0 atom stereocenters. The molecule has 6 heteroatoms. The molecule has 0 fully saturated rings. The molecule has 0 saturated heterocycles. The lowest BCUT2D eigenvalue weighted by Gasteiger charge is -2.01. The van der Waals surface area contributed by atoms with E-state index in [1.807, 2.05) is 0 Å². The van der Waals surface area contributed by atoms with Crippen molar-refractivity contribution in [2.24, 2.45) is 4.52 Å². The van der Waals surface area contributed by atoms with Crippen LogP contribution in [0.3, 0.4) is 0 Å². The fourth-order valence-electron chi connectivity index (χ4n) is 0.833. The van der Waals surface area contributed by atoms with Crippen molar-refractivity contribution in [2.75, 3.05) is 0 Å². The van der Waals surface area contributed by atoms with Gasteiger partial charge in [-0.15, -0.1) is 0 Å². The van der Waals surface area contributed by atoms with E-state index in [1.165, 1.54) is 12.1 Å². The molecule has 3 nitrogen and oxygen atoms in total. The Morgan fingerprint density at radius 3 is 2.38 bits per heavy atom. The highest BCUT2D eigenvalue weighted by molar-refractivity contribution is 7.98. The number of hydrogen-bond acceptors (Lipinski definition) is 2. The highest BCUT2D eigenvalue weighted by atomic mass is 32.2. The van der Waals surface area contributed by atoms with Crippen LogP contribution in [0.2, 0.25) is 0 Å². The van der Waals surface area contributed by atoms with Gasteiger partial charge in [0, 0.05) is 4.91 Å². The standard InChI is InChI=1S/C7H5F2N3S/c1-4-2-5(8)7(6(9)3-4)13-12-11-10/h2-3H,1H3. The van der Waals surface area contributed by atoms with Gasteiger partial charge in [-0.3, -0.25) is 0 Å². The Morgan fingerprint density at radius 2 is 1.92 bits per heavy atom. The summed E-state index contributed by atoms with van der Waals surface area (Å²) in [5.41, 5.74) is 8.44. The van der Waals surface area contributed by atoms with E-state index >= 15 is 0 Å². The monoisotopic (exact) mass is 201 g/mol. The fraction of sp³-hybridized carbons (Fsp3) is 0.143. The van der Waals surface area contributed by atoms with Crippen molar-refractivity contribution in [2.45, 2.75) is 11.8 Å². The molecule has 0 unspecified atom stereocenters. The zero-order chi connectivity index (χ0) is 9.84. The lowest BCUT2D eigenvalue weighted by Crippen LogP contribution is -1.87. The van der Waals surface area contributed by atoms with Crippen LogP contribution in [0.15, 0.2) is 21.5 Å². The van der Waals surface area contributed by atoms with Crippen LogP contribution in [-0.2, 0) is 0 Å². The first-order chi connectivity index (χ1) is 6.15.